The summed E-state index contributed by atoms with van der Waals surface area (Å²) < 4.78 is 36.9. The second-order valence-corrected chi connectivity index (χ2v) is 9.89. The zero-order chi connectivity index (χ0) is 23.2. The van der Waals surface area contributed by atoms with E-state index in [0.29, 0.717) is 5.75 Å². The van der Waals surface area contributed by atoms with Gasteiger partial charge in [-0.05, 0) is 48.7 Å². The van der Waals surface area contributed by atoms with E-state index in [1.807, 2.05) is 18.2 Å². The summed E-state index contributed by atoms with van der Waals surface area (Å²) in [7, 11) is -4.40. The number of hydrogen-bond donors (Lipinski definition) is 1. The van der Waals surface area contributed by atoms with Crippen molar-refractivity contribution in [1.82, 2.24) is 0 Å². The van der Waals surface area contributed by atoms with Gasteiger partial charge in [-0.1, -0.05) is 95.4 Å². The summed E-state index contributed by atoms with van der Waals surface area (Å²) in [5.74, 6) is -0.0236. The summed E-state index contributed by atoms with van der Waals surface area (Å²) in [6.45, 7) is 2.25. The molecule has 0 fully saturated rings. The van der Waals surface area contributed by atoms with Crippen LogP contribution in [0.15, 0.2) is 47.4 Å². The molecule has 0 radical (unpaired) electrons. The first-order valence-electron chi connectivity index (χ1n) is 12.0. The molecule has 0 bridgehead atoms. The molecular formula is C26H37NaO5S. The first-order valence-corrected chi connectivity index (χ1v) is 13.4. The molecule has 0 aliphatic rings. The summed E-state index contributed by atoms with van der Waals surface area (Å²) in [6, 6.07) is 10.9. The molecule has 7 heteroatoms. The molecule has 5 nitrogen and oxygen atoms in total. The maximum atomic E-state index is 12.1. The Labute approximate surface area is 222 Å². The Morgan fingerprint density at radius 3 is 1.94 bits per heavy atom. The number of aryl methyl sites for hydroxylation is 1. The molecule has 0 unspecified atom stereocenters. The van der Waals surface area contributed by atoms with Crippen molar-refractivity contribution in [2.75, 3.05) is 0 Å². The first kappa shape index (κ1) is 30.0. The quantitative estimate of drug-likeness (QED) is 0.221. The fourth-order valence-corrected chi connectivity index (χ4v) is 4.29. The van der Waals surface area contributed by atoms with Crippen molar-refractivity contribution in [1.29, 1.82) is 0 Å². The largest absolute Gasteiger partial charge is 1.00 e. The van der Waals surface area contributed by atoms with Crippen LogP contribution >= 0.6 is 0 Å². The maximum Gasteiger partial charge on any atom is 1.00 e. The third kappa shape index (κ3) is 12.3. The molecule has 2 aromatic rings. The van der Waals surface area contributed by atoms with E-state index in [1.165, 1.54) is 76.7 Å². The van der Waals surface area contributed by atoms with Gasteiger partial charge < -0.3 is 9.84 Å². The van der Waals surface area contributed by atoms with Crippen molar-refractivity contribution in [2.45, 2.75) is 95.3 Å². The molecule has 1 N–H and O–H groups in total. The van der Waals surface area contributed by atoms with Crippen molar-refractivity contribution in [3.05, 3.63) is 48.0 Å². The molecule has 33 heavy (non-hydrogen) atoms. The summed E-state index contributed by atoms with van der Waals surface area (Å²) in [5, 5.41) is 12.1. The zero-order valence-electron chi connectivity index (χ0n) is 20.2. The van der Waals surface area contributed by atoms with E-state index in [-0.39, 0.29) is 35.3 Å². The Bertz CT molecular complexity index is 915. The number of ether oxygens (including phenoxy) is 1. The van der Waals surface area contributed by atoms with Crippen molar-refractivity contribution in [3.8, 4) is 17.2 Å². The molecule has 0 spiro atoms. The number of benzene rings is 2. The summed E-state index contributed by atoms with van der Waals surface area (Å²) in [4.78, 5) is -0.435. The van der Waals surface area contributed by atoms with Crippen LogP contribution in [0.4, 0.5) is 0 Å². The van der Waals surface area contributed by atoms with E-state index in [9.17, 15) is 13.5 Å². The van der Waals surface area contributed by atoms with Gasteiger partial charge in [0.15, 0.2) is 0 Å². The Kier molecular flexibility index (Phi) is 15.0. The molecule has 0 saturated heterocycles. The van der Waals surface area contributed by atoms with Gasteiger partial charge in [0.1, 0.15) is 11.5 Å². The fourth-order valence-electron chi connectivity index (χ4n) is 3.79. The van der Waals surface area contributed by atoms with E-state index in [4.69, 9.17) is 9.29 Å². The van der Waals surface area contributed by atoms with Gasteiger partial charge in [-0.15, -0.1) is 0 Å². The smallest absolute Gasteiger partial charge is 0.870 e. The summed E-state index contributed by atoms with van der Waals surface area (Å²) >= 11 is 0. The van der Waals surface area contributed by atoms with Crippen LogP contribution in [-0.4, -0.2) is 13.0 Å². The van der Waals surface area contributed by atoms with Gasteiger partial charge in [-0.2, -0.15) is 8.42 Å². The van der Waals surface area contributed by atoms with Crippen LogP contribution in [0.25, 0.3) is 0 Å². The second kappa shape index (κ2) is 16.6. The summed E-state index contributed by atoms with van der Waals surface area (Å²) in [5.41, 5.74) is 1.15. The predicted octanol–water partition coefficient (Wildman–Crippen LogP) is 4.05. The topological polar surface area (TPSA) is 86.7 Å². The Morgan fingerprint density at radius 2 is 1.39 bits per heavy atom. The second-order valence-electron chi connectivity index (χ2n) is 8.47. The van der Waals surface area contributed by atoms with Crippen molar-refractivity contribution < 1.29 is 52.4 Å². The van der Waals surface area contributed by atoms with Crippen LogP contribution in [0.3, 0.4) is 0 Å². The van der Waals surface area contributed by atoms with Gasteiger partial charge >= 0.3 is 29.6 Å². The van der Waals surface area contributed by atoms with Gasteiger partial charge in [0.05, 0.1) is 4.90 Å². The van der Waals surface area contributed by atoms with Gasteiger partial charge in [0.2, 0.25) is 0 Å². The average Bonchev–Trinajstić information content (AvgIpc) is 2.75. The average molecular weight is 485 g/mol. The minimum atomic E-state index is -4.40. The molecular weight excluding hydrogens is 447 g/mol. The molecule has 2 rings (SSSR count). The monoisotopic (exact) mass is 484 g/mol. The number of unbranched alkanes of at least 4 members (excludes halogenated alkanes) is 11. The first-order chi connectivity index (χ1) is 15.4. The van der Waals surface area contributed by atoms with Crippen molar-refractivity contribution in [2.24, 2.45) is 0 Å². The minimum absolute atomic E-state index is 0. The van der Waals surface area contributed by atoms with Crippen LogP contribution < -0.4 is 39.4 Å². The summed E-state index contributed by atoms with van der Waals surface area (Å²) in [6.07, 6.45) is 16.8. The van der Waals surface area contributed by atoms with Crippen molar-refractivity contribution in [3.63, 3.8) is 0 Å². The van der Waals surface area contributed by atoms with Crippen LogP contribution in [0, 0.1) is 0 Å². The van der Waals surface area contributed by atoms with E-state index < -0.39 is 20.8 Å². The Morgan fingerprint density at radius 1 is 0.818 bits per heavy atom. The normalized spacial score (nSPS) is 11.2. The van der Waals surface area contributed by atoms with E-state index in [2.05, 4.69) is 6.92 Å². The predicted molar refractivity (Wildman–Crippen MR) is 127 cm³/mol. The Balaban J connectivity index is 0.00000544. The number of hydrogen-bond acceptors (Lipinski definition) is 4. The molecule has 0 heterocycles. The molecule has 0 saturated carbocycles. The van der Waals surface area contributed by atoms with Crippen molar-refractivity contribution >= 4 is 10.1 Å². The third-order valence-electron chi connectivity index (χ3n) is 5.66. The molecule has 0 aliphatic heterocycles. The fraction of sp³-hybridized carbons (Fsp3) is 0.538. The van der Waals surface area contributed by atoms with Crippen LogP contribution in [0.5, 0.6) is 17.2 Å². The molecule has 0 aliphatic carbocycles. The molecule has 0 aromatic heterocycles. The Hall–Kier alpha value is -1.05. The zero-order valence-corrected chi connectivity index (χ0v) is 23.0. The van der Waals surface area contributed by atoms with E-state index >= 15 is 0 Å². The third-order valence-corrected chi connectivity index (χ3v) is 6.51. The molecule has 0 atom stereocenters. The molecule has 2 aromatic carbocycles. The van der Waals surface area contributed by atoms with Crippen LogP contribution in [-0.2, 0) is 16.5 Å². The van der Waals surface area contributed by atoms with Gasteiger partial charge in [0.25, 0.3) is 10.1 Å². The van der Waals surface area contributed by atoms with Crippen LogP contribution in [0.1, 0.15) is 89.5 Å². The standard InChI is InChI=1S/C26H38O5S.Na/c1-2-3-4-5-6-7-8-9-10-11-12-13-15-22-16-14-17-23(20-22)31-26-19-18-24(21-25(26)27)32(28,29)30;/h14,16-21,27H,2-13,15H2,1H3,(H,28,29,30);/q;+1/p-1. The molecule has 0 amide bonds. The maximum absolute atomic E-state index is 12.1. The van der Waals surface area contributed by atoms with Gasteiger partial charge in [0, 0.05) is 0 Å². The van der Waals surface area contributed by atoms with Crippen LogP contribution in [0.2, 0.25) is 0 Å². The van der Waals surface area contributed by atoms with Gasteiger partial charge in [-0.3, -0.25) is 4.55 Å². The SMILES string of the molecule is CCCCCCCCCCCCCCc1cccc(Oc2ccc(S(=O)(=O)O)cc2[O-])c1.[Na+]. The van der Waals surface area contributed by atoms with Gasteiger partial charge in [-0.25, -0.2) is 0 Å². The number of rotatable bonds is 16. The molecule has 178 valence electrons. The van der Waals surface area contributed by atoms with E-state index in [1.54, 1.807) is 6.07 Å². The minimum Gasteiger partial charge on any atom is -0.870 e. The van der Waals surface area contributed by atoms with E-state index in [0.717, 1.165) is 30.5 Å².